The van der Waals surface area contributed by atoms with Gasteiger partial charge >= 0.3 is 0 Å². The van der Waals surface area contributed by atoms with Gasteiger partial charge in [-0.15, -0.1) is 0 Å². The van der Waals surface area contributed by atoms with Crippen molar-refractivity contribution in [2.24, 2.45) is 0 Å². The second-order valence-corrected chi connectivity index (χ2v) is 6.66. The van der Waals surface area contributed by atoms with Crippen molar-refractivity contribution >= 4 is 23.1 Å². The van der Waals surface area contributed by atoms with Crippen molar-refractivity contribution in [1.82, 2.24) is 9.78 Å². The Morgan fingerprint density at radius 2 is 1.88 bits per heavy atom. The second kappa shape index (κ2) is 6.80. The van der Waals surface area contributed by atoms with E-state index in [1.807, 2.05) is 24.3 Å². The summed E-state index contributed by atoms with van der Waals surface area (Å²) in [7, 11) is 0. The fraction of sp³-hybridized carbons (Fsp3) is 0.211. The number of nitro benzene ring substituents is 1. The minimum atomic E-state index is -0.373. The number of nitrogens with zero attached hydrogens (tertiary/aromatic N) is 3. The van der Waals surface area contributed by atoms with Crippen LogP contribution in [0.15, 0.2) is 48.5 Å². The fourth-order valence-corrected chi connectivity index (χ4v) is 3.44. The monoisotopic (exact) mass is 368 g/mol. The number of nitrogens with one attached hydrogen (secondary N) is 1. The maximum atomic E-state index is 11.5. The molecule has 0 amide bonds. The van der Waals surface area contributed by atoms with Crippen LogP contribution in [0.3, 0.4) is 0 Å². The van der Waals surface area contributed by atoms with Gasteiger partial charge in [0.1, 0.15) is 11.5 Å². The number of fused-ring (bicyclic) bond motifs is 1. The van der Waals surface area contributed by atoms with Crippen molar-refractivity contribution in [3.05, 3.63) is 69.2 Å². The molecule has 0 saturated carbocycles. The van der Waals surface area contributed by atoms with Crippen LogP contribution in [0.25, 0.3) is 16.9 Å². The number of aromatic nitrogens is 2. The van der Waals surface area contributed by atoms with Crippen LogP contribution in [-0.2, 0) is 6.42 Å². The molecule has 3 aromatic rings. The molecule has 2 heterocycles. The SMILES string of the molecule is O=[N+]([O-])c1ccccc1-n1nc(-c2ccc(Cl)cc2)c2c1NCCCC2. The molecule has 0 radical (unpaired) electrons. The largest absolute Gasteiger partial charge is 0.370 e. The number of para-hydroxylation sites is 2. The Kier molecular flexibility index (Phi) is 4.34. The van der Waals surface area contributed by atoms with Crippen molar-refractivity contribution in [3.8, 4) is 16.9 Å². The van der Waals surface area contributed by atoms with Gasteiger partial charge in [0.15, 0.2) is 0 Å². The Bertz CT molecular complexity index is 966. The van der Waals surface area contributed by atoms with E-state index in [-0.39, 0.29) is 10.6 Å². The summed E-state index contributed by atoms with van der Waals surface area (Å²) in [4.78, 5) is 11.1. The average Bonchev–Trinajstić information content (AvgIpc) is 2.84. The van der Waals surface area contributed by atoms with Crippen LogP contribution < -0.4 is 5.32 Å². The summed E-state index contributed by atoms with van der Waals surface area (Å²) in [5.41, 5.74) is 3.37. The highest BCUT2D eigenvalue weighted by Crippen LogP contribution is 2.36. The van der Waals surface area contributed by atoms with E-state index in [9.17, 15) is 10.1 Å². The Balaban J connectivity index is 1.94. The summed E-state index contributed by atoms with van der Waals surface area (Å²) in [6, 6.07) is 14.2. The minimum Gasteiger partial charge on any atom is -0.370 e. The van der Waals surface area contributed by atoms with E-state index in [1.165, 1.54) is 6.07 Å². The number of benzene rings is 2. The molecule has 4 rings (SSSR count). The molecule has 1 aliphatic heterocycles. The van der Waals surface area contributed by atoms with Crippen LogP contribution in [0.5, 0.6) is 0 Å². The molecule has 0 aliphatic carbocycles. The Hall–Kier alpha value is -2.86. The quantitative estimate of drug-likeness (QED) is 0.529. The molecule has 0 bridgehead atoms. The van der Waals surface area contributed by atoms with E-state index in [4.69, 9.17) is 16.7 Å². The van der Waals surface area contributed by atoms with E-state index in [0.29, 0.717) is 10.7 Å². The lowest BCUT2D eigenvalue weighted by Gasteiger charge is -2.09. The summed E-state index contributed by atoms with van der Waals surface area (Å²) in [6.45, 7) is 0.819. The van der Waals surface area contributed by atoms with Gasteiger partial charge in [0.2, 0.25) is 0 Å². The molecular formula is C19H17ClN4O2. The highest BCUT2D eigenvalue weighted by molar-refractivity contribution is 6.30. The van der Waals surface area contributed by atoms with Crippen LogP contribution >= 0.6 is 11.6 Å². The lowest BCUT2D eigenvalue weighted by Crippen LogP contribution is -2.08. The molecule has 7 heteroatoms. The number of rotatable bonds is 3. The van der Waals surface area contributed by atoms with Gasteiger partial charge < -0.3 is 5.32 Å². The highest BCUT2D eigenvalue weighted by atomic mass is 35.5. The van der Waals surface area contributed by atoms with Gasteiger partial charge in [-0.3, -0.25) is 10.1 Å². The maximum Gasteiger partial charge on any atom is 0.294 e. The van der Waals surface area contributed by atoms with Crippen molar-refractivity contribution < 1.29 is 4.92 Å². The van der Waals surface area contributed by atoms with Crippen LogP contribution in [0.1, 0.15) is 18.4 Å². The van der Waals surface area contributed by atoms with Crippen LogP contribution in [0.2, 0.25) is 5.02 Å². The first-order chi connectivity index (χ1) is 12.6. The molecule has 6 nitrogen and oxygen atoms in total. The fourth-order valence-electron chi connectivity index (χ4n) is 3.31. The molecule has 1 aliphatic rings. The number of anilines is 1. The van der Waals surface area contributed by atoms with Crippen LogP contribution in [0, 0.1) is 10.1 Å². The number of hydrogen-bond acceptors (Lipinski definition) is 4. The molecule has 1 aromatic heterocycles. The predicted octanol–water partition coefficient (Wildman–Crippen LogP) is 4.85. The molecular weight excluding hydrogens is 352 g/mol. The normalized spacial score (nSPS) is 13.6. The smallest absolute Gasteiger partial charge is 0.294 e. The summed E-state index contributed by atoms with van der Waals surface area (Å²) < 4.78 is 1.67. The van der Waals surface area contributed by atoms with E-state index < -0.39 is 0 Å². The Morgan fingerprint density at radius 3 is 2.65 bits per heavy atom. The molecule has 0 fully saturated rings. The Morgan fingerprint density at radius 1 is 1.12 bits per heavy atom. The zero-order valence-corrected chi connectivity index (χ0v) is 14.7. The van der Waals surface area contributed by atoms with E-state index in [1.54, 1.807) is 22.9 Å². The van der Waals surface area contributed by atoms with Crippen LogP contribution in [-0.4, -0.2) is 21.2 Å². The molecule has 0 saturated heterocycles. The third-order valence-corrected chi connectivity index (χ3v) is 4.81. The van der Waals surface area contributed by atoms with Gasteiger partial charge in [-0.05, 0) is 37.5 Å². The molecule has 2 aromatic carbocycles. The van der Waals surface area contributed by atoms with Gasteiger partial charge in [0, 0.05) is 28.8 Å². The standard InChI is InChI=1S/C19H17ClN4O2/c20-14-10-8-13(9-11-14)18-15-5-3-4-12-21-19(15)23(22-18)16-6-1-2-7-17(16)24(25)26/h1-2,6-11,21H,3-5,12H2. The Labute approximate surface area is 155 Å². The van der Waals surface area contributed by atoms with Crippen molar-refractivity contribution in [3.63, 3.8) is 0 Å². The number of nitro groups is 1. The van der Waals surface area contributed by atoms with Crippen LogP contribution in [0.4, 0.5) is 11.5 Å². The average molecular weight is 369 g/mol. The molecule has 132 valence electrons. The first kappa shape index (κ1) is 16.6. The van der Waals surface area contributed by atoms with E-state index in [2.05, 4.69) is 5.32 Å². The molecule has 1 N–H and O–H groups in total. The zero-order chi connectivity index (χ0) is 18.1. The predicted molar refractivity (Wildman–Crippen MR) is 102 cm³/mol. The maximum absolute atomic E-state index is 11.5. The number of halogens is 1. The summed E-state index contributed by atoms with van der Waals surface area (Å²) in [5, 5.41) is 20.3. The van der Waals surface area contributed by atoms with Gasteiger partial charge in [-0.25, -0.2) is 4.68 Å². The van der Waals surface area contributed by atoms with Crippen molar-refractivity contribution in [1.29, 1.82) is 0 Å². The van der Waals surface area contributed by atoms with Gasteiger partial charge in [-0.2, -0.15) is 5.10 Å². The molecule has 0 atom stereocenters. The van der Waals surface area contributed by atoms with E-state index >= 15 is 0 Å². The minimum absolute atomic E-state index is 0.0338. The second-order valence-electron chi connectivity index (χ2n) is 6.22. The summed E-state index contributed by atoms with van der Waals surface area (Å²) in [6.07, 6.45) is 2.97. The van der Waals surface area contributed by atoms with Gasteiger partial charge in [0.25, 0.3) is 5.69 Å². The lowest BCUT2D eigenvalue weighted by molar-refractivity contribution is -0.384. The molecule has 0 unspecified atom stereocenters. The summed E-state index contributed by atoms with van der Waals surface area (Å²) >= 11 is 6.01. The van der Waals surface area contributed by atoms with E-state index in [0.717, 1.165) is 48.4 Å². The topological polar surface area (TPSA) is 73.0 Å². The van der Waals surface area contributed by atoms with Gasteiger partial charge in [-0.1, -0.05) is 35.9 Å². The first-order valence-electron chi connectivity index (χ1n) is 8.50. The third-order valence-electron chi connectivity index (χ3n) is 4.55. The molecule has 0 spiro atoms. The lowest BCUT2D eigenvalue weighted by atomic mass is 10.0. The van der Waals surface area contributed by atoms with Gasteiger partial charge in [0.05, 0.1) is 10.6 Å². The third kappa shape index (κ3) is 2.93. The first-order valence-corrected chi connectivity index (χ1v) is 8.88. The van der Waals surface area contributed by atoms with Crippen molar-refractivity contribution in [2.75, 3.05) is 11.9 Å². The molecule has 26 heavy (non-hydrogen) atoms. The number of hydrogen-bond donors (Lipinski definition) is 1. The summed E-state index contributed by atoms with van der Waals surface area (Å²) in [5.74, 6) is 0.835. The highest BCUT2D eigenvalue weighted by Gasteiger charge is 2.25. The zero-order valence-electron chi connectivity index (χ0n) is 14.0. The van der Waals surface area contributed by atoms with Crippen molar-refractivity contribution in [2.45, 2.75) is 19.3 Å².